The van der Waals surface area contributed by atoms with Crippen molar-refractivity contribution in [3.63, 3.8) is 0 Å². The molecule has 0 atom stereocenters. The van der Waals surface area contributed by atoms with Crippen LogP contribution in [-0.2, 0) is 17.9 Å². The number of rotatable bonds is 7. The number of aryl methyl sites for hydroxylation is 1. The van der Waals surface area contributed by atoms with Crippen LogP contribution in [0.4, 0.5) is 5.69 Å². The fraction of sp³-hybridized carbons (Fsp3) is 0.364. The van der Waals surface area contributed by atoms with E-state index in [9.17, 15) is 4.79 Å². The number of benzene rings is 1. The molecule has 1 aliphatic heterocycles. The molecule has 4 rings (SSSR count). The summed E-state index contributed by atoms with van der Waals surface area (Å²) in [4.78, 5) is 19.5. The van der Waals surface area contributed by atoms with Gasteiger partial charge >= 0.3 is 0 Å². The van der Waals surface area contributed by atoms with Gasteiger partial charge in [0.2, 0.25) is 5.91 Å². The number of para-hydroxylation sites is 1. The van der Waals surface area contributed by atoms with Crippen LogP contribution in [-0.4, -0.2) is 53.6 Å². The first-order valence-corrected chi connectivity index (χ1v) is 9.92. The molecule has 0 bridgehead atoms. The van der Waals surface area contributed by atoms with Gasteiger partial charge in [-0.2, -0.15) is 0 Å². The first-order valence-electron chi connectivity index (χ1n) is 9.92. The average Bonchev–Trinajstić information content (AvgIpc) is 3.40. The Kier molecular flexibility index (Phi) is 6.07. The van der Waals surface area contributed by atoms with E-state index >= 15 is 0 Å². The van der Waals surface area contributed by atoms with Crippen LogP contribution in [0.25, 0.3) is 0 Å². The second-order valence-electron chi connectivity index (χ2n) is 7.38. The molecule has 1 amide bonds. The molecule has 2 aromatic heterocycles. The molecule has 0 N–H and O–H groups in total. The van der Waals surface area contributed by atoms with E-state index in [2.05, 4.69) is 15.0 Å². The molecule has 1 aliphatic rings. The minimum atomic E-state index is 0.0758. The summed E-state index contributed by atoms with van der Waals surface area (Å²) in [7, 11) is 0. The Morgan fingerprint density at radius 3 is 2.45 bits per heavy atom. The van der Waals surface area contributed by atoms with E-state index in [-0.39, 0.29) is 5.91 Å². The molecule has 0 spiro atoms. The van der Waals surface area contributed by atoms with Crippen LogP contribution in [0, 0.1) is 6.92 Å². The molecule has 3 heterocycles. The van der Waals surface area contributed by atoms with Crippen LogP contribution in [0.15, 0.2) is 63.7 Å². The second-order valence-corrected chi connectivity index (χ2v) is 7.38. The number of amides is 1. The first-order chi connectivity index (χ1) is 14.2. The Morgan fingerprint density at radius 2 is 1.79 bits per heavy atom. The Labute approximate surface area is 170 Å². The van der Waals surface area contributed by atoms with Crippen LogP contribution in [0.1, 0.15) is 17.2 Å². The summed E-state index contributed by atoms with van der Waals surface area (Å²) in [6, 6.07) is 15.5. The third-order valence-electron chi connectivity index (χ3n) is 5.14. The molecular weight excluding hydrogens is 368 g/mol. The number of hydrogen-bond donors (Lipinski definition) is 0. The number of piperazine rings is 1. The Bertz CT molecular complexity index is 899. The summed E-state index contributed by atoms with van der Waals surface area (Å²) < 4.78 is 10.8. The van der Waals surface area contributed by atoms with E-state index in [1.54, 1.807) is 11.2 Å². The number of nitrogens with zero attached hydrogens (tertiary/aromatic N) is 4. The average molecular weight is 394 g/mol. The molecule has 7 heteroatoms. The van der Waals surface area contributed by atoms with Crippen LogP contribution in [0.2, 0.25) is 0 Å². The number of aromatic nitrogens is 1. The summed E-state index contributed by atoms with van der Waals surface area (Å²) in [5.41, 5.74) is 1.79. The molecule has 152 valence electrons. The highest BCUT2D eigenvalue weighted by Gasteiger charge is 2.24. The number of hydrogen-bond acceptors (Lipinski definition) is 6. The molecule has 1 saturated heterocycles. The van der Waals surface area contributed by atoms with Gasteiger partial charge in [0.05, 0.1) is 31.6 Å². The Hall–Kier alpha value is -2.90. The molecular formula is C22H26N4O3. The largest absolute Gasteiger partial charge is 0.467 e. The second kappa shape index (κ2) is 9.07. The third kappa shape index (κ3) is 5.13. The van der Waals surface area contributed by atoms with Gasteiger partial charge < -0.3 is 13.8 Å². The summed E-state index contributed by atoms with van der Waals surface area (Å²) >= 11 is 0. The van der Waals surface area contributed by atoms with Gasteiger partial charge in [-0.05, 0) is 31.2 Å². The van der Waals surface area contributed by atoms with Crippen LogP contribution in [0.5, 0.6) is 0 Å². The van der Waals surface area contributed by atoms with Crippen molar-refractivity contribution in [3.8, 4) is 0 Å². The van der Waals surface area contributed by atoms with Crippen molar-refractivity contribution < 1.29 is 13.7 Å². The maximum absolute atomic E-state index is 13.1. The number of furan rings is 1. The van der Waals surface area contributed by atoms with E-state index in [1.807, 2.05) is 55.5 Å². The molecule has 0 aliphatic carbocycles. The molecule has 3 aromatic rings. The van der Waals surface area contributed by atoms with Crippen LogP contribution in [0.3, 0.4) is 0 Å². The topological polar surface area (TPSA) is 66.0 Å². The van der Waals surface area contributed by atoms with Gasteiger partial charge in [-0.3, -0.25) is 14.6 Å². The highest BCUT2D eigenvalue weighted by atomic mass is 16.5. The van der Waals surface area contributed by atoms with Gasteiger partial charge in [0.1, 0.15) is 5.76 Å². The molecule has 1 fully saturated rings. The molecule has 0 unspecified atom stereocenters. The summed E-state index contributed by atoms with van der Waals surface area (Å²) in [6.45, 7) is 7.01. The van der Waals surface area contributed by atoms with Crippen molar-refractivity contribution in [2.45, 2.75) is 20.0 Å². The van der Waals surface area contributed by atoms with E-state index in [0.29, 0.717) is 13.1 Å². The highest BCUT2D eigenvalue weighted by Crippen LogP contribution is 2.18. The van der Waals surface area contributed by atoms with Crippen LogP contribution < -0.4 is 4.90 Å². The van der Waals surface area contributed by atoms with E-state index in [4.69, 9.17) is 8.94 Å². The fourth-order valence-electron chi connectivity index (χ4n) is 3.58. The summed E-state index contributed by atoms with van der Waals surface area (Å²) in [5.74, 6) is 1.74. The SMILES string of the molecule is Cc1cc(CN2CCN(CC(=O)N(Cc3ccco3)c3ccccc3)CC2)on1. The lowest BCUT2D eigenvalue weighted by atomic mass is 10.2. The van der Waals surface area contributed by atoms with Crippen molar-refractivity contribution in [1.82, 2.24) is 15.0 Å². The summed E-state index contributed by atoms with van der Waals surface area (Å²) in [6.07, 6.45) is 1.64. The molecule has 7 nitrogen and oxygen atoms in total. The highest BCUT2D eigenvalue weighted by molar-refractivity contribution is 5.94. The van der Waals surface area contributed by atoms with Crippen molar-refractivity contribution in [1.29, 1.82) is 0 Å². The minimum Gasteiger partial charge on any atom is -0.467 e. The normalized spacial score (nSPS) is 15.5. The van der Waals surface area contributed by atoms with Crippen molar-refractivity contribution in [2.75, 3.05) is 37.6 Å². The van der Waals surface area contributed by atoms with E-state index in [1.165, 1.54) is 0 Å². The Balaban J connectivity index is 1.34. The van der Waals surface area contributed by atoms with Gasteiger partial charge in [-0.15, -0.1) is 0 Å². The van der Waals surface area contributed by atoms with Crippen LogP contribution >= 0.6 is 0 Å². The van der Waals surface area contributed by atoms with E-state index in [0.717, 1.165) is 55.6 Å². The van der Waals surface area contributed by atoms with Gasteiger partial charge in [-0.1, -0.05) is 23.4 Å². The standard InChI is InChI=1S/C22H26N4O3/c1-18-14-21(29-23-18)15-24-9-11-25(12-10-24)17-22(27)26(16-20-8-5-13-28-20)19-6-3-2-4-7-19/h2-8,13-14H,9-12,15-17H2,1H3. The zero-order valence-electron chi connectivity index (χ0n) is 16.7. The lowest BCUT2D eigenvalue weighted by Crippen LogP contribution is -2.49. The molecule has 0 saturated carbocycles. The van der Waals surface area contributed by atoms with Gasteiger partial charge in [-0.25, -0.2) is 0 Å². The minimum absolute atomic E-state index is 0.0758. The third-order valence-corrected chi connectivity index (χ3v) is 5.14. The van der Waals surface area contributed by atoms with E-state index < -0.39 is 0 Å². The molecule has 29 heavy (non-hydrogen) atoms. The van der Waals surface area contributed by atoms with Crippen molar-refractivity contribution in [2.24, 2.45) is 0 Å². The number of anilines is 1. The van der Waals surface area contributed by atoms with Crippen molar-refractivity contribution in [3.05, 3.63) is 72.0 Å². The quantitative estimate of drug-likeness (QED) is 0.614. The lowest BCUT2D eigenvalue weighted by Gasteiger charge is -2.34. The fourth-order valence-corrected chi connectivity index (χ4v) is 3.58. The lowest BCUT2D eigenvalue weighted by molar-refractivity contribution is -0.120. The zero-order chi connectivity index (χ0) is 20.1. The Morgan fingerprint density at radius 1 is 1.03 bits per heavy atom. The van der Waals surface area contributed by atoms with Crippen molar-refractivity contribution >= 4 is 11.6 Å². The van der Waals surface area contributed by atoms with Gasteiger partial charge in [0, 0.05) is 37.9 Å². The molecule has 1 aromatic carbocycles. The monoisotopic (exact) mass is 394 g/mol. The summed E-state index contributed by atoms with van der Waals surface area (Å²) in [5, 5.41) is 3.95. The number of carbonyl (C=O) groups excluding carboxylic acids is 1. The zero-order valence-corrected chi connectivity index (χ0v) is 16.7. The predicted molar refractivity (Wildman–Crippen MR) is 109 cm³/mol. The predicted octanol–water partition coefficient (Wildman–Crippen LogP) is 2.93. The maximum Gasteiger partial charge on any atom is 0.241 e. The number of carbonyl (C=O) groups is 1. The van der Waals surface area contributed by atoms with Gasteiger partial charge in [0.15, 0.2) is 5.76 Å². The first kappa shape index (κ1) is 19.4. The molecule has 0 radical (unpaired) electrons. The maximum atomic E-state index is 13.1. The van der Waals surface area contributed by atoms with Gasteiger partial charge in [0.25, 0.3) is 0 Å². The smallest absolute Gasteiger partial charge is 0.241 e.